The first-order chi connectivity index (χ1) is 13.4. The van der Waals surface area contributed by atoms with Gasteiger partial charge >= 0.3 is 0 Å². The molecule has 0 aliphatic heterocycles. The van der Waals surface area contributed by atoms with Crippen molar-refractivity contribution in [3.63, 3.8) is 0 Å². The van der Waals surface area contributed by atoms with E-state index in [0.29, 0.717) is 16.4 Å². The molecule has 0 unspecified atom stereocenters. The highest BCUT2D eigenvalue weighted by atomic mass is 35.5. The third-order valence-electron chi connectivity index (χ3n) is 4.14. The molecule has 0 saturated heterocycles. The van der Waals surface area contributed by atoms with Crippen LogP contribution in [0.15, 0.2) is 83.8 Å². The Kier molecular flexibility index (Phi) is 6.02. The first kappa shape index (κ1) is 19.9. The highest BCUT2D eigenvalue weighted by Crippen LogP contribution is 2.24. The number of carbonyl (C=O) groups is 1. The maximum Gasteiger partial charge on any atom is 0.264 e. The van der Waals surface area contributed by atoms with E-state index < -0.39 is 15.9 Å². The number of para-hydroxylation sites is 1. The molecule has 3 aromatic carbocycles. The number of anilines is 2. The van der Waals surface area contributed by atoms with E-state index in [9.17, 15) is 13.2 Å². The normalized spacial score (nSPS) is 11.1. The molecule has 0 aliphatic carbocycles. The quantitative estimate of drug-likeness (QED) is 0.646. The van der Waals surface area contributed by atoms with Gasteiger partial charge in [0.25, 0.3) is 10.0 Å². The molecule has 28 heavy (non-hydrogen) atoms. The number of rotatable bonds is 6. The van der Waals surface area contributed by atoms with E-state index in [4.69, 9.17) is 11.6 Å². The van der Waals surface area contributed by atoms with Gasteiger partial charge in [0.15, 0.2) is 0 Å². The molecule has 0 saturated carbocycles. The summed E-state index contributed by atoms with van der Waals surface area (Å²) >= 11 is 6.00. The average Bonchev–Trinajstić information content (AvgIpc) is 2.70. The lowest BCUT2D eigenvalue weighted by molar-refractivity contribution is -0.114. The molecule has 0 heterocycles. The number of halogens is 1. The number of benzene rings is 3. The number of nitrogens with zero attached hydrogens (tertiary/aromatic N) is 1. The van der Waals surface area contributed by atoms with Crippen LogP contribution >= 0.6 is 11.6 Å². The summed E-state index contributed by atoms with van der Waals surface area (Å²) in [6, 6.07) is 21.7. The molecule has 1 N–H and O–H groups in total. The van der Waals surface area contributed by atoms with Crippen molar-refractivity contribution in [3.05, 3.63) is 89.4 Å². The minimum atomic E-state index is -3.91. The molecule has 3 rings (SSSR count). The summed E-state index contributed by atoms with van der Waals surface area (Å²) in [6.07, 6.45) is 0. The Morgan fingerprint density at radius 1 is 0.964 bits per heavy atom. The summed E-state index contributed by atoms with van der Waals surface area (Å²) < 4.78 is 27.4. The van der Waals surface area contributed by atoms with Gasteiger partial charge in [0.1, 0.15) is 6.54 Å². The first-order valence-corrected chi connectivity index (χ1v) is 10.4. The molecule has 0 spiro atoms. The fourth-order valence-corrected chi connectivity index (χ4v) is 4.29. The van der Waals surface area contributed by atoms with Crippen molar-refractivity contribution >= 4 is 38.9 Å². The molecule has 0 aliphatic rings. The van der Waals surface area contributed by atoms with E-state index in [1.807, 2.05) is 6.92 Å². The lowest BCUT2D eigenvalue weighted by Crippen LogP contribution is -2.38. The van der Waals surface area contributed by atoms with Crippen molar-refractivity contribution < 1.29 is 13.2 Å². The van der Waals surface area contributed by atoms with Gasteiger partial charge in [-0.3, -0.25) is 9.10 Å². The molecule has 0 fully saturated rings. The van der Waals surface area contributed by atoms with Crippen LogP contribution in [0, 0.1) is 6.92 Å². The minimum Gasteiger partial charge on any atom is -0.324 e. The van der Waals surface area contributed by atoms with Gasteiger partial charge in [-0.25, -0.2) is 8.42 Å². The SMILES string of the molecule is Cc1ccc(Cl)cc1NC(=O)CN(c1ccccc1)S(=O)(=O)c1ccccc1. The van der Waals surface area contributed by atoms with Crippen molar-refractivity contribution in [1.82, 2.24) is 0 Å². The largest absolute Gasteiger partial charge is 0.324 e. The number of carbonyl (C=O) groups excluding carboxylic acids is 1. The third kappa shape index (κ3) is 4.52. The van der Waals surface area contributed by atoms with E-state index in [2.05, 4.69) is 5.32 Å². The Balaban J connectivity index is 1.92. The van der Waals surface area contributed by atoms with Crippen molar-refractivity contribution in [2.75, 3.05) is 16.2 Å². The lowest BCUT2D eigenvalue weighted by atomic mass is 10.2. The van der Waals surface area contributed by atoms with Crippen LogP contribution in [0.2, 0.25) is 5.02 Å². The van der Waals surface area contributed by atoms with Crippen molar-refractivity contribution in [1.29, 1.82) is 0 Å². The van der Waals surface area contributed by atoms with Crippen LogP contribution in [0.5, 0.6) is 0 Å². The second-order valence-electron chi connectivity index (χ2n) is 6.17. The van der Waals surface area contributed by atoms with Crippen molar-refractivity contribution in [2.45, 2.75) is 11.8 Å². The second kappa shape index (κ2) is 8.46. The fraction of sp³-hybridized carbons (Fsp3) is 0.0952. The summed E-state index contributed by atoms with van der Waals surface area (Å²) in [5.41, 5.74) is 1.78. The number of aryl methyl sites for hydroxylation is 1. The molecule has 0 bridgehead atoms. The Morgan fingerprint density at radius 3 is 2.21 bits per heavy atom. The van der Waals surface area contributed by atoms with E-state index in [1.54, 1.807) is 66.7 Å². The number of nitrogens with one attached hydrogen (secondary N) is 1. The summed E-state index contributed by atoms with van der Waals surface area (Å²) in [7, 11) is -3.91. The van der Waals surface area contributed by atoms with Gasteiger partial charge in [-0.1, -0.05) is 54.1 Å². The zero-order chi connectivity index (χ0) is 20.1. The molecular weight excluding hydrogens is 396 g/mol. The van der Waals surface area contributed by atoms with Crippen LogP contribution in [0.1, 0.15) is 5.56 Å². The molecule has 1 amide bonds. The molecule has 144 valence electrons. The Bertz CT molecular complexity index is 1070. The predicted octanol–water partition coefficient (Wildman–Crippen LogP) is 4.48. The second-order valence-corrected chi connectivity index (χ2v) is 8.47. The Hall–Kier alpha value is -2.83. The van der Waals surface area contributed by atoms with Crippen LogP contribution in [-0.2, 0) is 14.8 Å². The van der Waals surface area contributed by atoms with Crippen LogP contribution in [0.3, 0.4) is 0 Å². The Morgan fingerprint density at radius 2 is 1.57 bits per heavy atom. The van der Waals surface area contributed by atoms with Gasteiger partial charge in [0.2, 0.25) is 5.91 Å². The first-order valence-electron chi connectivity index (χ1n) is 8.57. The lowest BCUT2D eigenvalue weighted by Gasteiger charge is -2.24. The minimum absolute atomic E-state index is 0.116. The summed E-state index contributed by atoms with van der Waals surface area (Å²) in [6.45, 7) is 1.47. The standard InChI is InChI=1S/C21H19ClN2O3S/c1-16-12-13-17(22)14-20(16)23-21(25)15-24(18-8-4-2-5-9-18)28(26,27)19-10-6-3-7-11-19/h2-14H,15H2,1H3,(H,23,25). The highest BCUT2D eigenvalue weighted by Gasteiger charge is 2.27. The molecule has 0 radical (unpaired) electrons. The number of sulfonamides is 1. The van der Waals surface area contributed by atoms with E-state index in [1.165, 1.54) is 12.1 Å². The van der Waals surface area contributed by atoms with Crippen LogP contribution in [0.4, 0.5) is 11.4 Å². The summed E-state index contributed by atoms with van der Waals surface area (Å²) in [5.74, 6) is -0.464. The smallest absolute Gasteiger partial charge is 0.264 e. The fourth-order valence-electron chi connectivity index (χ4n) is 2.68. The number of amides is 1. The van der Waals surface area contributed by atoms with E-state index >= 15 is 0 Å². The maximum atomic E-state index is 13.2. The van der Waals surface area contributed by atoms with Crippen molar-refractivity contribution in [2.24, 2.45) is 0 Å². The molecule has 3 aromatic rings. The number of hydrogen-bond acceptors (Lipinski definition) is 3. The van der Waals surface area contributed by atoms with Gasteiger partial charge in [-0.2, -0.15) is 0 Å². The topological polar surface area (TPSA) is 66.5 Å². The van der Waals surface area contributed by atoms with Crippen molar-refractivity contribution in [3.8, 4) is 0 Å². The van der Waals surface area contributed by atoms with Crippen LogP contribution in [-0.4, -0.2) is 20.9 Å². The zero-order valence-corrected chi connectivity index (χ0v) is 16.7. The molecule has 7 heteroatoms. The van der Waals surface area contributed by atoms with Crippen LogP contribution in [0.25, 0.3) is 0 Å². The molecular formula is C21H19ClN2O3S. The third-order valence-corrected chi connectivity index (χ3v) is 6.16. The number of hydrogen-bond donors (Lipinski definition) is 1. The van der Waals surface area contributed by atoms with Gasteiger partial charge in [0.05, 0.1) is 10.6 Å². The van der Waals surface area contributed by atoms with Crippen LogP contribution < -0.4 is 9.62 Å². The maximum absolute atomic E-state index is 13.2. The van der Waals surface area contributed by atoms with Gasteiger partial charge in [-0.05, 0) is 48.9 Å². The van der Waals surface area contributed by atoms with Gasteiger partial charge < -0.3 is 5.32 Å². The van der Waals surface area contributed by atoms with Gasteiger partial charge in [-0.15, -0.1) is 0 Å². The zero-order valence-electron chi connectivity index (χ0n) is 15.2. The molecule has 5 nitrogen and oxygen atoms in total. The summed E-state index contributed by atoms with van der Waals surface area (Å²) in [5, 5.41) is 3.23. The molecule has 0 aromatic heterocycles. The Labute approximate surface area is 169 Å². The van der Waals surface area contributed by atoms with Gasteiger partial charge in [0, 0.05) is 10.7 Å². The highest BCUT2D eigenvalue weighted by molar-refractivity contribution is 7.92. The molecule has 0 atom stereocenters. The van der Waals surface area contributed by atoms with E-state index in [-0.39, 0.29) is 11.4 Å². The average molecular weight is 415 g/mol. The monoisotopic (exact) mass is 414 g/mol. The summed E-state index contributed by atoms with van der Waals surface area (Å²) in [4.78, 5) is 12.8. The van der Waals surface area contributed by atoms with E-state index in [0.717, 1.165) is 9.87 Å². The predicted molar refractivity (Wildman–Crippen MR) is 112 cm³/mol.